The second kappa shape index (κ2) is 7.34. The molecule has 1 aromatic carbocycles. The Morgan fingerprint density at radius 3 is 2.93 bits per heavy atom. The molecule has 4 heterocycles. The van der Waals surface area contributed by atoms with E-state index in [9.17, 15) is 4.79 Å². The van der Waals surface area contributed by atoms with Gasteiger partial charge in [0.2, 0.25) is 5.91 Å². The summed E-state index contributed by atoms with van der Waals surface area (Å²) in [5.74, 6) is 0.883. The van der Waals surface area contributed by atoms with Crippen molar-refractivity contribution in [3.63, 3.8) is 0 Å². The third-order valence-corrected chi connectivity index (χ3v) is 5.36. The number of hydrogen-bond donors (Lipinski definition) is 2. The Kier molecular flexibility index (Phi) is 4.53. The quantitative estimate of drug-likeness (QED) is 0.668. The molecule has 2 aromatic heterocycles. The van der Waals surface area contributed by atoms with E-state index >= 15 is 0 Å². The molecule has 0 radical (unpaired) electrons. The van der Waals surface area contributed by atoms with E-state index in [1.54, 1.807) is 22.8 Å². The minimum atomic E-state index is -0.502. The van der Waals surface area contributed by atoms with Crippen LogP contribution < -0.4 is 15.8 Å². The third kappa shape index (κ3) is 3.50. The molecule has 0 saturated carbocycles. The van der Waals surface area contributed by atoms with Crippen LogP contribution in [0.15, 0.2) is 36.7 Å². The molecule has 9 nitrogen and oxygen atoms in total. The molecule has 1 amide bonds. The lowest BCUT2D eigenvalue weighted by atomic mass is 10.0. The number of fused-ring (bicyclic) bond motifs is 4. The van der Waals surface area contributed by atoms with Crippen molar-refractivity contribution in [2.75, 3.05) is 44.8 Å². The number of nitrogens with two attached hydrogens (primary N) is 1. The molecule has 0 spiro atoms. The van der Waals surface area contributed by atoms with Crippen LogP contribution in [0.25, 0.3) is 16.8 Å². The number of nitrogens with zero attached hydrogens (tertiary/aromatic N) is 4. The number of carbonyl (C=O) groups excluding carboxylic acids is 1. The fourth-order valence-corrected chi connectivity index (χ4v) is 3.67. The summed E-state index contributed by atoms with van der Waals surface area (Å²) >= 11 is 0. The Labute approximate surface area is 167 Å². The second-order valence-corrected chi connectivity index (χ2v) is 7.25. The van der Waals surface area contributed by atoms with E-state index in [1.165, 1.54) is 0 Å². The number of ether oxygens (including phenoxy) is 2. The molecule has 1 saturated heterocycles. The molecular formula is C20H22N6O3. The summed E-state index contributed by atoms with van der Waals surface area (Å²) in [5.41, 5.74) is 8.24. The van der Waals surface area contributed by atoms with Gasteiger partial charge in [0, 0.05) is 37.0 Å². The SMILES string of the molecule is NC(=O)c1cc2cc(c1)-c1cnn3ccc(nc13)NCCN(C1COC1)CCO2. The lowest BCUT2D eigenvalue weighted by Gasteiger charge is -2.37. The molecule has 0 unspecified atom stereocenters. The first-order valence-electron chi connectivity index (χ1n) is 9.65. The summed E-state index contributed by atoms with van der Waals surface area (Å²) in [7, 11) is 0. The fraction of sp³-hybridized carbons (Fsp3) is 0.350. The zero-order valence-corrected chi connectivity index (χ0v) is 15.9. The van der Waals surface area contributed by atoms with Crippen LogP contribution in [0.1, 0.15) is 10.4 Å². The van der Waals surface area contributed by atoms with Crippen molar-refractivity contribution in [1.29, 1.82) is 0 Å². The maximum atomic E-state index is 11.9. The number of rotatable bonds is 2. The molecule has 2 aliphatic heterocycles. The summed E-state index contributed by atoms with van der Waals surface area (Å²) in [6, 6.07) is 7.63. The van der Waals surface area contributed by atoms with Crippen LogP contribution in [0.4, 0.5) is 5.82 Å². The highest BCUT2D eigenvalue weighted by atomic mass is 16.5. The van der Waals surface area contributed by atoms with Crippen molar-refractivity contribution in [3.05, 3.63) is 42.2 Å². The van der Waals surface area contributed by atoms with E-state index in [4.69, 9.17) is 20.2 Å². The van der Waals surface area contributed by atoms with Crippen molar-refractivity contribution < 1.29 is 14.3 Å². The predicted octanol–water partition coefficient (Wildman–Crippen LogP) is 1.00. The average molecular weight is 394 g/mol. The first-order valence-corrected chi connectivity index (χ1v) is 9.65. The number of hydrogen-bond acceptors (Lipinski definition) is 7. The topological polar surface area (TPSA) is 107 Å². The van der Waals surface area contributed by atoms with E-state index in [0.29, 0.717) is 29.6 Å². The first kappa shape index (κ1) is 17.9. The van der Waals surface area contributed by atoms with E-state index in [2.05, 4.69) is 15.3 Å². The van der Waals surface area contributed by atoms with Crippen molar-refractivity contribution in [3.8, 4) is 16.9 Å². The van der Waals surface area contributed by atoms with E-state index in [1.807, 2.05) is 18.3 Å². The van der Waals surface area contributed by atoms with Gasteiger partial charge in [0.05, 0.1) is 25.5 Å². The number of aromatic nitrogens is 3. The molecule has 3 aromatic rings. The summed E-state index contributed by atoms with van der Waals surface area (Å²) in [5, 5.41) is 7.77. The van der Waals surface area contributed by atoms with Crippen LogP contribution in [0, 0.1) is 0 Å². The van der Waals surface area contributed by atoms with Gasteiger partial charge in [-0.15, -0.1) is 0 Å². The van der Waals surface area contributed by atoms with Gasteiger partial charge in [-0.05, 0) is 29.8 Å². The number of nitrogens with one attached hydrogen (secondary N) is 1. The molecule has 4 bridgehead atoms. The van der Waals surface area contributed by atoms with E-state index in [-0.39, 0.29) is 0 Å². The van der Waals surface area contributed by atoms with Crippen LogP contribution in [0.3, 0.4) is 0 Å². The van der Waals surface area contributed by atoms with Crippen LogP contribution in [-0.2, 0) is 4.74 Å². The zero-order valence-electron chi connectivity index (χ0n) is 15.9. The Hall–Kier alpha value is -3.17. The molecule has 1 fully saturated rings. The van der Waals surface area contributed by atoms with Crippen LogP contribution in [0.2, 0.25) is 0 Å². The van der Waals surface area contributed by atoms with Gasteiger partial charge >= 0.3 is 0 Å². The Morgan fingerprint density at radius 1 is 1.24 bits per heavy atom. The van der Waals surface area contributed by atoms with E-state index in [0.717, 1.165) is 49.8 Å². The van der Waals surface area contributed by atoms with Crippen molar-refractivity contribution in [2.45, 2.75) is 6.04 Å². The number of anilines is 1. The second-order valence-electron chi connectivity index (χ2n) is 7.25. The summed E-state index contributed by atoms with van der Waals surface area (Å²) < 4.78 is 13.1. The molecular weight excluding hydrogens is 372 g/mol. The molecule has 5 rings (SSSR count). The summed E-state index contributed by atoms with van der Waals surface area (Å²) in [6.45, 7) is 4.36. The van der Waals surface area contributed by atoms with Gasteiger partial charge in [-0.25, -0.2) is 9.50 Å². The van der Waals surface area contributed by atoms with Gasteiger partial charge in [-0.3, -0.25) is 9.69 Å². The standard InChI is InChI=1S/C20H22N6O3/c21-19(27)14-7-13-8-16(9-14)29-6-5-25(15-11-28-12-15)4-2-22-18-1-3-26-20(24-18)17(13)10-23-26/h1,3,7-10,15H,2,4-6,11-12H2,(H2,21,27)(H,22,24). The lowest BCUT2D eigenvalue weighted by Crippen LogP contribution is -2.51. The van der Waals surface area contributed by atoms with Gasteiger partial charge in [0.1, 0.15) is 18.2 Å². The molecule has 2 aliphatic rings. The third-order valence-electron chi connectivity index (χ3n) is 5.36. The van der Waals surface area contributed by atoms with Gasteiger partial charge in [-0.2, -0.15) is 5.10 Å². The van der Waals surface area contributed by atoms with Crippen LogP contribution in [0.5, 0.6) is 5.75 Å². The zero-order chi connectivity index (χ0) is 19.8. The van der Waals surface area contributed by atoms with Gasteiger partial charge in [0.25, 0.3) is 0 Å². The highest BCUT2D eigenvalue weighted by molar-refractivity contribution is 5.95. The first-order chi connectivity index (χ1) is 14.2. The predicted molar refractivity (Wildman–Crippen MR) is 107 cm³/mol. The summed E-state index contributed by atoms with van der Waals surface area (Å²) in [6.07, 6.45) is 3.60. The van der Waals surface area contributed by atoms with E-state index < -0.39 is 5.91 Å². The molecule has 9 heteroatoms. The Balaban J connectivity index is 1.57. The Bertz CT molecular complexity index is 1060. The van der Waals surface area contributed by atoms with Gasteiger partial charge in [0.15, 0.2) is 5.65 Å². The maximum absolute atomic E-state index is 11.9. The normalized spacial score (nSPS) is 17.9. The Morgan fingerprint density at radius 2 is 2.14 bits per heavy atom. The molecule has 0 aliphatic carbocycles. The van der Waals surface area contributed by atoms with Gasteiger partial charge in [-0.1, -0.05) is 0 Å². The lowest BCUT2D eigenvalue weighted by molar-refractivity contribution is -0.0660. The fourth-order valence-electron chi connectivity index (χ4n) is 3.67. The molecule has 29 heavy (non-hydrogen) atoms. The van der Waals surface area contributed by atoms with Crippen molar-refractivity contribution >= 4 is 17.4 Å². The summed E-state index contributed by atoms with van der Waals surface area (Å²) in [4.78, 5) is 18.9. The minimum Gasteiger partial charge on any atom is -0.492 e. The molecule has 0 atom stereocenters. The molecule has 150 valence electrons. The average Bonchev–Trinajstić information content (AvgIpc) is 3.09. The van der Waals surface area contributed by atoms with Crippen LogP contribution in [-0.4, -0.2) is 70.9 Å². The largest absolute Gasteiger partial charge is 0.492 e. The number of carbonyl (C=O) groups is 1. The number of benzene rings is 1. The minimum absolute atomic E-state index is 0.391. The highest BCUT2D eigenvalue weighted by Crippen LogP contribution is 2.29. The smallest absolute Gasteiger partial charge is 0.248 e. The number of primary amides is 1. The number of amides is 1. The maximum Gasteiger partial charge on any atom is 0.248 e. The molecule has 3 N–H and O–H groups in total. The van der Waals surface area contributed by atoms with Crippen LogP contribution >= 0.6 is 0 Å². The monoisotopic (exact) mass is 394 g/mol. The van der Waals surface area contributed by atoms with Crippen molar-refractivity contribution in [1.82, 2.24) is 19.5 Å². The highest BCUT2D eigenvalue weighted by Gasteiger charge is 2.25. The van der Waals surface area contributed by atoms with Crippen molar-refractivity contribution in [2.24, 2.45) is 5.73 Å². The van der Waals surface area contributed by atoms with Gasteiger partial charge < -0.3 is 20.5 Å².